The Labute approximate surface area is 105 Å². The zero-order chi connectivity index (χ0) is 13.5. The van der Waals surface area contributed by atoms with E-state index >= 15 is 0 Å². The summed E-state index contributed by atoms with van der Waals surface area (Å²) in [6.07, 6.45) is 0.971. The van der Waals surface area contributed by atoms with Crippen molar-refractivity contribution in [3.63, 3.8) is 0 Å². The van der Waals surface area contributed by atoms with Crippen LogP contribution in [0.5, 0.6) is 0 Å². The minimum atomic E-state index is -1.08. The second-order valence-corrected chi connectivity index (χ2v) is 4.22. The molecule has 1 saturated heterocycles. The SMILES string of the molecule is COCCC(NC(=O)C1CCC(=O)NC1)C(=O)O. The Kier molecular flexibility index (Phi) is 5.57. The molecule has 3 N–H and O–H groups in total. The molecule has 0 aromatic heterocycles. The molecule has 0 bridgehead atoms. The first-order chi connectivity index (χ1) is 8.54. The van der Waals surface area contributed by atoms with E-state index in [1.165, 1.54) is 7.11 Å². The molecule has 102 valence electrons. The van der Waals surface area contributed by atoms with Gasteiger partial charge in [-0.15, -0.1) is 0 Å². The summed E-state index contributed by atoms with van der Waals surface area (Å²) in [5, 5.41) is 14.0. The van der Waals surface area contributed by atoms with Gasteiger partial charge < -0.3 is 20.5 Å². The molecule has 0 spiro atoms. The van der Waals surface area contributed by atoms with Crippen LogP contribution in [0.4, 0.5) is 0 Å². The first-order valence-corrected chi connectivity index (χ1v) is 5.83. The van der Waals surface area contributed by atoms with Gasteiger partial charge in [-0.1, -0.05) is 0 Å². The summed E-state index contributed by atoms with van der Waals surface area (Å²) >= 11 is 0. The average molecular weight is 258 g/mol. The van der Waals surface area contributed by atoms with Crippen molar-refractivity contribution >= 4 is 17.8 Å². The van der Waals surface area contributed by atoms with Crippen LogP contribution in [0.1, 0.15) is 19.3 Å². The Hall–Kier alpha value is -1.63. The average Bonchev–Trinajstić information content (AvgIpc) is 2.34. The number of nitrogens with one attached hydrogen (secondary N) is 2. The van der Waals surface area contributed by atoms with Crippen molar-refractivity contribution in [2.75, 3.05) is 20.3 Å². The predicted octanol–water partition coefficient (Wildman–Crippen LogP) is -0.881. The number of amides is 2. The molecule has 2 unspecified atom stereocenters. The van der Waals surface area contributed by atoms with Crippen molar-refractivity contribution in [1.29, 1.82) is 0 Å². The van der Waals surface area contributed by atoms with Crippen molar-refractivity contribution in [3.8, 4) is 0 Å². The number of carboxylic acid groups (broad SMARTS) is 1. The van der Waals surface area contributed by atoms with E-state index in [-0.39, 0.29) is 37.3 Å². The third-order valence-corrected chi connectivity index (χ3v) is 2.86. The van der Waals surface area contributed by atoms with Crippen LogP contribution >= 0.6 is 0 Å². The van der Waals surface area contributed by atoms with Gasteiger partial charge in [0, 0.05) is 33.1 Å². The number of hydrogen-bond donors (Lipinski definition) is 3. The van der Waals surface area contributed by atoms with Gasteiger partial charge in [0.15, 0.2) is 0 Å². The zero-order valence-corrected chi connectivity index (χ0v) is 10.3. The number of carbonyl (C=O) groups is 3. The smallest absolute Gasteiger partial charge is 0.326 e. The van der Waals surface area contributed by atoms with Crippen LogP contribution in [0.15, 0.2) is 0 Å². The quantitative estimate of drug-likeness (QED) is 0.573. The Morgan fingerprint density at radius 3 is 2.83 bits per heavy atom. The number of piperidine rings is 1. The number of carboxylic acids is 1. The molecule has 18 heavy (non-hydrogen) atoms. The number of ether oxygens (including phenoxy) is 1. The summed E-state index contributed by atoms with van der Waals surface area (Å²) in [4.78, 5) is 33.7. The second kappa shape index (κ2) is 6.95. The van der Waals surface area contributed by atoms with Gasteiger partial charge >= 0.3 is 5.97 Å². The summed E-state index contributed by atoms with van der Waals surface area (Å²) in [6, 6.07) is -0.949. The highest BCUT2D eigenvalue weighted by Crippen LogP contribution is 2.11. The Morgan fingerprint density at radius 1 is 1.61 bits per heavy atom. The molecule has 1 aliphatic rings. The molecule has 0 aromatic carbocycles. The van der Waals surface area contributed by atoms with Gasteiger partial charge in [0.1, 0.15) is 6.04 Å². The van der Waals surface area contributed by atoms with Crippen LogP contribution < -0.4 is 10.6 Å². The molecule has 0 radical (unpaired) electrons. The first kappa shape index (κ1) is 14.4. The number of carbonyl (C=O) groups excluding carboxylic acids is 2. The Bertz CT molecular complexity index is 321. The largest absolute Gasteiger partial charge is 0.480 e. The van der Waals surface area contributed by atoms with Crippen LogP contribution in [0.3, 0.4) is 0 Å². The van der Waals surface area contributed by atoms with Gasteiger partial charge in [-0.05, 0) is 6.42 Å². The highest BCUT2D eigenvalue weighted by Gasteiger charge is 2.28. The first-order valence-electron chi connectivity index (χ1n) is 5.83. The van der Waals surface area contributed by atoms with Gasteiger partial charge in [-0.25, -0.2) is 4.79 Å². The Morgan fingerprint density at radius 2 is 2.33 bits per heavy atom. The fourth-order valence-electron chi connectivity index (χ4n) is 1.74. The maximum absolute atomic E-state index is 11.8. The van der Waals surface area contributed by atoms with Crippen LogP contribution in [0.25, 0.3) is 0 Å². The standard InChI is InChI=1S/C11H18N2O5/c1-18-5-4-8(11(16)17)13-10(15)7-2-3-9(14)12-6-7/h7-8H,2-6H2,1H3,(H,12,14)(H,13,15)(H,16,17). The lowest BCUT2D eigenvalue weighted by Gasteiger charge is -2.23. The molecule has 7 heteroatoms. The summed E-state index contributed by atoms with van der Waals surface area (Å²) in [6.45, 7) is 0.528. The minimum Gasteiger partial charge on any atom is -0.480 e. The van der Waals surface area contributed by atoms with E-state index in [4.69, 9.17) is 9.84 Å². The lowest BCUT2D eigenvalue weighted by Crippen LogP contribution is -2.48. The zero-order valence-electron chi connectivity index (χ0n) is 10.3. The molecule has 2 amide bonds. The van der Waals surface area contributed by atoms with Crippen molar-refractivity contribution < 1.29 is 24.2 Å². The Balaban J connectivity index is 2.45. The van der Waals surface area contributed by atoms with Crippen molar-refractivity contribution in [1.82, 2.24) is 10.6 Å². The fourth-order valence-corrected chi connectivity index (χ4v) is 1.74. The molecule has 0 aromatic rings. The van der Waals surface area contributed by atoms with Gasteiger partial charge in [-0.2, -0.15) is 0 Å². The molecule has 1 heterocycles. The molecule has 1 rings (SSSR count). The van der Waals surface area contributed by atoms with E-state index in [0.717, 1.165) is 0 Å². The topological polar surface area (TPSA) is 105 Å². The molecule has 0 aliphatic carbocycles. The second-order valence-electron chi connectivity index (χ2n) is 4.22. The maximum Gasteiger partial charge on any atom is 0.326 e. The summed E-state index contributed by atoms with van der Waals surface area (Å²) in [7, 11) is 1.47. The van der Waals surface area contributed by atoms with E-state index in [1.807, 2.05) is 0 Å². The van der Waals surface area contributed by atoms with Crippen LogP contribution in [0, 0.1) is 5.92 Å². The van der Waals surface area contributed by atoms with Crippen LogP contribution in [0.2, 0.25) is 0 Å². The summed E-state index contributed by atoms with van der Waals surface area (Å²) in [5.74, 6) is -1.85. The number of aliphatic carboxylic acids is 1. The summed E-state index contributed by atoms with van der Waals surface area (Å²) in [5.41, 5.74) is 0. The van der Waals surface area contributed by atoms with Crippen LogP contribution in [-0.2, 0) is 19.1 Å². The molecule has 1 fully saturated rings. The van der Waals surface area contributed by atoms with E-state index in [1.54, 1.807) is 0 Å². The van der Waals surface area contributed by atoms with Crippen LogP contribution in [-0.4, -0.2) is 49.2 Å². The van der Waals surface area contributed by atoms with E-state index < -0.39 is 12.0 Å². The third kappa shape index (κ3) is 4.33. The molecular formula is C11H18N2O5. The van der Waals surface area contributed by atoms with E-state index in [9.17, 15) is 14.4 Å². The minimum absolute atomic E-state index is 0.0757. The molecular weight excluding hydrogens is 240 g/mol. The lowest BCUT2D eigenvalue weighted by molar-refractivity contribution is -0.143. The number of methoxy groups -OCH3 is 1. The fraction of sp³-hybridized carbons (Fsp3) is 0.727. The number of hydrogen-bond acceptors (Lipinski definition) is 4. The van der Waals surface area contributed by atoms with Gasteiger partial charge in [0.2, 0.25) is 11.8 Å². The lowest BCUT2D eigenvalue weighted by atomic mass is 9.98. The van der Waals surface area contributed by atoms with Gasteiger partial charge in [0.25, 0.3) is 0 Å². The molecule has 2 atom stereocenters. The van der Waals surface area contributed by atoms with Crippen molar-refractivity contribution in [3.05, 3.63) is 0 Å². The predicted molar refractivity (Wildman–Crippen MR) is 61.8 cm³/mol. The van der Waals surface area contributed by atoms with Crippen molar-refractivity contribution in [2.45, 2.75) is 25.3 Å². The molecule has 7 nitrogen and oxygen atoms in total. The molecule has 1 aliphatic heterocycles. The monoisotopic (exact) mass is 258 g/mol. The summed E-state index contributed by atoms with van der Waals surface area (Å²) < 4.78 is 4.79. The van der Waals surface area contributed by atoms with Gasteiger partial charge in [0.05, 0.1) is 5.92 Å². The molecule has 0 saturated carbocycles. The maximum atomic E-state index is 11.8. The highest BCUT2D eigenvalue weighted by atomic mass is 16.5. The normalized spacial score (nSPS) is 20.9. The highest BCUT2D eigenvalue weighted by molar-refractivity contribution is 5.87. The van der Waals surface area contributed by atoms with E-state index in [0.29, 0.717) is 12.8 Å². The van der Waals surface area contributed by atoms with Crippen molar-refractivity contribution in [2.24, 2.45) is 5.92 Å². The van der Waals surface area contributed by atoms with E-state index in [2.05, 4.69) is 10.6 Å². The number of rotatable bonds is 6. The van der Waals surface area contributed by atoms with Gasteiger partial charge in [-0.3, -0.25) is 9.59 Å². The third-order valence-electron chi connectivity index (χ3n) is 2.86.